The second-order valence-electron chi connectivity index (χ2n) is 4.12. The standard InChI is InChI=1S/C16H15BrO3/c17-10-11-19-15-8-6-14(7-9-15)16(18)20-12-13-4-2-1-3-5-13/h1-9H,10-12H2. The van der Waals surface area contributed by atoms with Gasteiger partial charge in [-0.25, -0.2) is 4.79 Å². The van der Waals surface area contributed by atoms with E-state index in [0.29, 0.717) is 12.2 Å². The summed E-state index contributed by atoms with van der Waals surface area (Å²) in [5.74, 6) is 0.407. The molecule has 0 aliphatic carbocycles. The van der Waals surface area contributed by atoms with Crippen molar-refractivity contribution in [2.24, 2.45) is 0 Å². The molecule has 0 spiro atoms. The van der Waals surface area contributed by atoms with Crippen LogP contribution in [0.4, 0.5) is 0 Å². The molecular formula is C16H15BrO3. The molecule has 0 bridgehead atoms. The summed E-state index contributed by atoms with van der Waals surface area (Å²) in [6.45, 7) is 0.874. The molecule has 104 valence electrons. The zero-order valence-corrected chi connectivity index (χ0v) is 12.5. The van der Waals surface area contributed by atoms with Gasteiger partial charge in [-0.2, -0.15) is 0 Å². The van der Waals surface area contributed by atoms with Gasteiger partial charge in [0.25, 0.3) is 0 Å². The molecule has 4 heteroatoms. The predicted octanol–water partition coefficient (Wildman–Crippen LogP) is 3.82. The number of alkyl halides is 1. The quantitative estimate of drug-likeness (QED) is 0.595. The van der Waals surface area contributed by atoms with Crippen LogP contribution in [0.5, 0.6) is 5.75 Å². The summed E-state index contributed by atoms with van der Waals surface area (Å²) in [5, 5.41) is 0.772. The van der Waals surface area contributed by atoms with E-state index in [-0.39, 0.29) is 12.6 Å². The van der Waals surface area contributed by atoms with E-state index < -0.39 is 0 Å². The predicted molar refractivity (Wildman–Crippen MR) is 81.3 cm³/mol. The van der Waals surface area contributed by atoms with E-state index >= 15 is 0 Å². The number of carbonyl (C=O) groups excluding carboxylic acids is 1. The van der Waals surface area contributed by atoms with Gasteiger partial charge < -0.3 is 9.47 Å². The maximum atomic E-state index is 11.9. The summed E-state index contributed by atoms with van der Waals surface area (Å²) in [4.78, 5) is 11.9. The van der Waals surface area contributed by atoms with Gasteiger partial charge in [-0.05, 0) is 29.8 Å². The Morgan fingerprint density at radius 3 is 2.35 bits per heavy atom. The monoisotopic (exact) mass is 334 g/mol. The van der Waals surface area contributed by atoms with Crippen molar-refractivity contribution in [1.82, 2.24) is 0 Å². The molecule has 0 radical (unpaired) electrons. The fraction of sp³-hybridized carbons (Fsp3) is 0.188. The van der Waals surface area contributed by atoms with Crippen molar-refractivity contribution in [2.75, 3.05) is 11.9 Å². The van der Waals surface area contributed by atoms with Crippen molar-refractivity contribution in [3.05, 3.63) is 65.7 Å². The summed E-state index contributed by atoms with van der Waals surface area (Å²) in [6.07, 6.45) is 0. The molecule has 0 aliphatic rings. The van der Waals surface area contributed by atoms with Crippen LogP contribution in [-0.4, -0.2) is 17.9 Å². The molecule has 2 rings (SSSR count). The van der Waals surface area contributed by atoms with Gasteiger partial charge in [-0.3, -0.25) is 0 Å². The second kappa shape index (κ2) is 7.70. The lowest BCUT2D eigenvalue weighted by atomic mass is 10.2. The molecule has 0 atom stereocenters. The molecule has 0 saturated carbocycles. The van der Waals surface area contributed by atoms with Crippen LogP contribution in [0, 0.1) is 0 Å². The molecule has 20 heavy (non-hydrogen) atoms. The average Bonchev–Trinajstić information content (AvgIpc) is 2.52. The van der Waals surface area contributed by atoms with Crippen LogP contribution >= 0.6 is 15.9 Å². The number of benzene rings is 2. The van der Waals surface area contributed by atoms with Crippen LogP contribution in [0.2, 0.25) is 0 Å². The summed E-state index contributed by atoms with van der Waals surface area (Å²) in [6, 6.07) is 16.5. The normalized spacial score (nSPS) is 10.1. The SMILES string of the molecule is O=C(OCc1ccccc1)c1ccc(OCCBr)cc1. The van der Waals surface area contributed by atoms with E-state index in [1.807, 2.05) is 30.3 Å². The van der Waals surface area contributed by atoms with E-state index in [1.54, 1.807) is 24.3 Å². The zero-order valence-electron chi connectivity index (χ0n) is 10.9. The third kappa shape index (κ3) is 4.38. The number of hydrogen-bond acceptors (Lipinski definition) is 3. The van der Waals surface area contributed by atoms with Crippen LogP contribution in [0.3, 0.4) is 0 Å². The number of halogens is 1. The first-order valence-corrected chi connectivity index (χ1v) is 7.41. The summed E-state index contributed by atoms with van der Waals surface area (Å²) in [7, 11) is 0. The minimum atomic E-state index is -0.333. The first-order chi connectivity index (χ1) is 9.79. The van der Waals surface area contributed by atoms with Crippen molar-refractivity contribution in [2.45, 2.75) is 6.61 Å². The zero-order chi connectivity index (χ0) is 14.2. The Labute approximate surface area is 126 Å². The van der Waals surface area contributed by atoms with Crippen molar-refractivity contribution in [1.29, 1.82) is 0 Å². The Morgan fingerprint density at radius 1 is 1.00 bits per heavy atom. The Balaban J connectivity index is 1.89. The lowest BCUT2D eigenvalue weighted by Gasteiger charge is -2.06. The Morgan fingerprint density at radius 2 is 1.70 bits per heavy atom. The summed E-state index contributed by atoms with van der Waals surface area (Å²) >= 11 is 3.29. The van der Waals surface area contributed by atoms with Crippen molar-refractivity contribution >= 4 is 21.9 Å². The number of hydrogen-bond donors (Lipinski definition) is 0. The Kier molecular flexibility index (Phi) is 5.62. The van der Waals surface area contributed by atoms with Crippen LogP contribution < -0.4 is 4.74 Å². The molecular weight excluding hydrogens is 320 g/mol. The van der Waals surface area contributed by atoms with Gasteiger partial charge >= 0.3 is 5.97 Å². The lowest BCUT2D eigenvalue weighted by Crippen LogP contribution is -2.05. The maximum Gasteiger partial charge on any atom is 0.338 e. The van der Waals surface area contributed by atoms with Gasteiger partial charge in [0.1, 0.15) is 12.4 Å². The lowest BCUT2D eigenvalue weighted by molar-refractivity contribution is 0.0472. The van der Waals surface area contributed by atoms with Gasteiger partial charge in [-0.15, -0.1) is 0 Å². The highest BCUT2D eigenvalue weighted by atomic mass is 79.9. The summed E-state index contributed by atoms with van der Waals surface area (Å²) in [5.41, 5.74) is 1.49. The minimum Gasteiger partial charge on any atom is -0.493 e. The van der Waals surface area contributed by atoms with Crippen LogP contribution in [-0.2, 0) is 11.3 Å². The molecule has 0 heterocycles. The third-order valence-corrected chi connectivity index (χ3v) is 2.97. The first-order valence-electron chi connectivity index (χ1n) is 6.29. The van der Waals surface area contributed by atoms with E-state index in [4.69, 9.17) is 9.47 Å². The molecule has 3 nitrogen and oxygen atoms in total. The van der Waals surface area contributed by atoms with E-state index in [1.165, 1.54) is 0 Å². The fourth-order valence-electron chi connectivity index (χ4n) is 1.65. The smallest absolute Gasteiger partial charge is 0.338 e. The minimum absolute atomic E-state index is 0.279. The Bertz CT molecular complexity index is 537. The van der Waals surface area contributed by atoms with Gasteiger partial charge in [0, 0.05) is 5.33 Å². The van der Waals surface area contributed by atoms with Crippen LogP contribution in [0.25, 0.3) is 0 Å². The number of rotatable bonds is 6. The van der Waals surface area contributed by atoms with E-state index in [9.17, 15) is 4.79 Å². The fourth-order valence-corrected chi connectivity index (χ4v) is 1.81. The molecule has 2 aromatic rings. The molecule has 0 N–H and O–H groups in total. The molecule has 0 saturated heterocycles. The van der Waals surface area contributed by atoms with E-state index in [0.717, 1.165) is 16.6 Å². The number of ether oxygens (including phenoxy) is 2. The van der Waals surface area contributed by atoms with E-state index in [2.05, 4.69) is 15.9 Å². The molecule has 0 aliphatic heterocycles. The molecule has 0 amide bonds. The third-order valence-electron chi connectivity index (χ3n) is 2.65. The number of esters is 1. The first kappa shape index (κ1) is 14.6. The Hall–Kier alpha value is -1.81. The highest BCUT2D eigenvalue weighted by Crippen LogP contribution is 2.13. The second-order valence-corrected chi connectivity index (χ2v) is 4.92. The average molecular weight is 335 g/mol. The largest absolute Gasteiger partial charge is 0.493 e. The van der Waals surface area contributed by atoms with Crippen LogP contribution in [0.15, 0.2) is 54.6 Å². The maximum absolute atomic E-state index is 11.9. The van der Waals surface area contributed by atoms with Crippen molar-refractivity contribution in [3.8, 4) is 5.75 Å². The highest BCUT2D eigenvalue weighted by molar-refractivity contribution is 9.09. The van der Waals surface area contributed by atoms with Gasteiger partial charge in [0.05, 0.1) is 12.2 Å². The van der Waals surface area contributed by atoms with Gasteiger partial charge in [-0.1, -0.05) is 46.3 Å². The topological polar surface area (TPSA) is 35.5 Å². The molecule has 0 aromatic heterocycles. The number of carbonyl (C=O) groups is 1. The van der Waals surface area contributed by atoms with Crippen molar-refractivity contribution < 1.29 is 14.3 Å². The van der Waals surface area contributed by atoms with Crippen molar-refractivity contribution in [3.63, 3.8) is 0 Å². The molecule has 0 fully saturated rings. The van der Waals surface area contributed by atoms with Gasteiger partial charge in [0.15, 0.2) is 0 Å². The van der Waals surface area contributed by atoms with Gasteiger partial charge in [0.2, 0.25) is 0 Å². The summed E-state index contributed by atoms with van der Waals surface area (Å²) < 4.78 is 10.7. The van der Waals surface area contributed by atoms with Crippen LogP contribution in [0.1, 0.15) is 15.9 Å². The molecule has 2 aromatic carbocycles. The highest BCUT2D eigenvalue weighted by Gasteiger charge is 2.07. The molecule has 0 unspecified atom stereocenters.